The van der Waals surface area contributed by atoms with Crippen LogP contribution in [0.25, 0.3) is 10.9 Å². The van der Waals surface area contributed by atoms with E-state index in [9.17, 15) is 23.3 Å². The van der Waals surface area contributed by atoms with E-state index in [1.54, 1.807) is 19.1 Å². The number of ether oxygens (including phenoxy) is 1. The third kappa shape index (κ3) is 3.81. The van der Waals surface area contributed by atoms with Gasteiger partial charge in [0.05, 0.1) is 15.4 Å². The van der Waals surface area contributed by atoms with Crippen molar-refractivity contribution in [3.05, 3.63) is 100 Å². The highest BCUT2D eigenvalue weighted by atomic mass is 32.2. The van der Waals surface area contributed by atoms with Crippen molar-refractivity contribution in [2.24, 2.45) is 0 Å². The number of aromatic nitrogens is 1. The summed E-state index contributed by atoms with van der Waals surface area (Å²) in [4.78, 5) is 27.1. The number of fused-ring (bicyclic) bond motifs is 1. The van der Waals surface area contributed by atoms with E-state index in [1.807, 2.05) is 18.2 Å². The van der Waals surface area contributed by atoms with Crippen molar-refractivity contribution in [1.82, 2.24) is 4.98 Å². The van der Waals surface area contributed by atoms with Gasteiger partial charge in [-0.2, -0.15) is 0 Å². The molecule has 0 saturated heterocycles. The topological polar surface area (TPSA) is 116 Å². The van der Waals surface area contributed by atoms with Gasteiger partial charge in [-0.25, -0.2) is 18.2 Å². The Morgan fingerprint density at radius 3 is 2.34 bits per heavy atom. The molecule has 0 unspecified atom stereocenters. The van der Waals surface area contributed by atoms with Crippen LogP contribution in [0, 0.1) is 17.0 Å². The van der Waals surface area contributed by atoms with Gasteiger partial charge >= 0.3 is 5.97 Å². The molecule has 0 aliphatic carbocycles. The van der Waals surface area contributed by atoms with Crippen molar-refractivity contribution in [3.63, 3.8) is 0 Å². The molecule has 0 radical (unpaired) electrons. The summed E-state index contributed by atoms with van der Waals surface area (Å²) < 4.78 is 32.1. The number of pyridine rings is 1. The quantitative estimate of drug-likeness (QED) is 0.191. The van der Waals surface area contributed by atoms with Crippen molar-refractivity contribution in [3.8, 4) is 5.75 Å². The number of carbonyl (C=O) groups excluding carboxylic acids is 1. The number of carbonyl (C=O) groups is 1. The van der Waals surface area contributed by atoms with Crippen LogP contribution in [0.1, 0.15) is 16.1 Å². The summed E-state index contributed by atoms with van der Waals surface area (Å²) in [5.74, 6) is -0.743. The minimum atomic E-state index is -4.39. The van der Waals surface area contributed by atoms with Crippen molar-refractivity contribution in [2.45, 2.75) is 16.7 Å². The van der Waals surface area contributed by atoms with E-state index >= 15 is 0 Å². The minimum Gasteiger partial charge on any atom is -0.421 e. The molecule has 8 nitrogen and oxygen atoms in total. The van der Waals surface area contributed by atoms with Gasteiger partial charge in [0, 0.05) is 17.1 Å². The van der Waals surface area contributed by atoms with Crippen molar-refractivity contribution >= 4 is 32.4 Å². The number of hydrogen-bond donors (Lipinski definition) is 0. The maximum Gasteiger partial charge on any atom is 0.344 e. The molecule has 3 aromatic carbocycles. The van der Waals surface area contributed by atoms with E-state index in [-0.39, 0.29) is 16.2 Å². The van der Waals surface area contributed by atoms with Gasteiger partial charge in [-0.05, 0) is 37.3 Å². The Hall–Kier alpha value is -4.11. The Kier molecular flexibility index (Phi) is 5.41. The largest absolute Gasteiger partial charge is 0.421 e. The highest BCUT2D eigenvalue weighted by Gasteiger charge is 2.31. The Morgan fingerprint density at radius 1 is 0.906 bits per heavy atom. The molecule has 1 heterocycles. The van der Waals surface area contributed by atoms with E-state index in [1.165, 1.54) is 36.4 Å². The first-order chi connectivity index (χ1) is 15.3. The zero-order valence-electron chi connectivity index (χ0n) is 16.8. The number of nitro benzene ring substituents is 1. The molecule has 0 spiro atoms. The normalized spacial score (nSPS) is 11.3. The Bertz CT molecular complexity index is 1480. The Morgan fingerprint density at radius 2 is 1.59 bits per heavy atom. The zero-order valence-corrected chi connectivity index (χ0v) is 17.6. The first-order valence-electron chi connectivity index (χ1n) is 9.45. The molecule has 0 saturated carbocycles. The van der Waals surface area contributed by atoms with Gasteiger partial charge in [-0.3, -0.25) is 10.1 Å². The van der Waals surface area contributed by atoms with E-state index in [2.05, 4.69) is 4.98 Å². The smallest absolute Gasteiger partial charge is 0.344 e. The second kappa shape index (κ2) is 8.20. The average molecular weight is 448 g/mol. The minimum absolute atomic E-state index is 0.175. The number of benzene rings is 3. The highest BCUT2D eigenvalue weighted by molar-refractivity contribution is 7.91. The lowest BCUT2D eigenvalue weighted by molar-refractivity contribution is -0.387. The molecule has 0 aliphatic rings. The number of nitrogens with zero attached hydrogens (tertiary/aromatic N) is 2. The molecule has 0 N–H and O–H groups in total. The fourth-order valence-electron chi connectivity index (χ4n) is 3.28. The van der Waals surface area contributed by atoms with Crippen LogP contribution >= 0.6 is 0 Å². The maximum atomic E-state index is 13.3. The molecule has 4 aromatic rings. The van der Waals surface area contributed by atoms with Crippen LogP contribution in [0.5, 0.6) is 5.75 Å². The predicted molar refractivity (Wildman–Crippen MR) is 116 cm³/mol. The molecule has 1 aromatic heterocycles. The molecule has 0 atom stereocenters. The number of esters is 1. The second-order valence-corrected chi connectivity index (χ2v) is 8.78. The summed E-state index contributed by atoms with van der Waals surface area (Å²) >= 11 is 0. The summed E-state index contributed by atoms with van der Waals surface area (Å²) in [5.41, 5.74) is 0.361. The van der Waals surface area contributed by atoms with Crippen LogP contribution in [0.2, 0.25) is 0 Å². The number of hydrogen-bond acceptors (Lipinski definition) is 7. The van der Waals surface area contributed by atoms with Gasteiger partial charge in [0.15, 0.2) is 5.75 Å². The lowest BCUT2D eigenvalue weighted by atomic mass is 10.2. The van der Waals surface area contributed by atoms with E-state index in [4.69, 9.17) is 4.74 Å². The van der Waals surface area contributed by atoms with Crippen LogP contribution in [0.3, 0.4) is 0 Å². The molecule has 0 fully saturated rings. The summed E-state index contributed by atoms with van der Waals surface area (Å²) in [5, 5.41) is 12.1. The SMILES string of the molecule is Cc1ccc2cccc(OC(=O)c3ccccc3S(=O)(=O)c3ccccc3[N+](=O)[O-])c2n1. The average Bonchev–Trinajstić information content (AvgIpc) is 2.79. The van der Waals surface area contributed by atoms with Crippen molar-refractivity contribution < 1.29 is 22.9 Å². The first-order valence-corrected chi connectivity index (χ1v) is 10.9. The van der Waals surface area contributed by atoms with Gasteiger partial charge in [0.2, 0.25) is 9.84 Å². The maximum absolute atomic E-state index is 13.3. The fraction of sp³-hybridized carbons (Fsp3) is 0.0435. The van der Waals surface area contributed by atoms with Crippen molar-refractivity contribution in [2.75, 3.05) is 0 Å². The van der Waals surface area contributed by atoms with Crippen LogP contribution in [-0.2, 0) is 9.84 Å². The lowest BCUT2D eigenvalue weighted by Crippen LogP contribution is -2.15. The standard InChI is InChI=1S/C23H16N2O6S/c1-15-13-14-16-7-6-10-19(22(16)24-15)31-23(26)17-8-2-4-11-20(17)32(29,30)21-12-5-3-9-18(21)25(27)28/h2-14H,1H3. The fourth-order valence-corrected chi connectivity index (χ4v) is 4.89. The zero-order chi connectivity index (χ0) is 22.9. The summed E-state index contributed by atoms with van der Waals surface area (Å²) in [6.07, 6.45) is 0. The molecule has 32 heavy (non-hydrogen) atoms. The lowest BCUT2D eigenvalue weighted by Gasteiger charge is -2.12. The van der Waals surface area contributed by atoms with Gasteiger partial charge in [-0.1, -0.05) is 42.5 Å². The third-order valence-electron chi connectivity index (χ3n) is 4.77. The third-order valence-corrected chi connectivity index (χ3v) is 6.63. The van der Waals surface area contributed by atoms with Gasteiger partial charge in [-0.15, -0.1) is 0 Å². The van der Waals surface area contributed by atoms with Crippen LogP contribution < -0.4 is 4.74 Å². The Labute approximate surface area is 183 Å². The summed E-state index contributed by atoms with van der Waals surface area (Å²) in [6, 6.07) is 19.1. The molecule has 9 heteroatoms. The number of aryl methyl sites for hydroxylation is 1. The Balaban J connectivity index is 1.79. The van der Waals surface area contributed by atoms with Crippen molar-refractivity contribution in [1.29, 1.82) is 0 Å². The molecule has 0 bridgehead atoms. The molecule has 0 amide bonds. The monoisotopic (exact) mass is 448 g/mol. The number of rotatable bonds is 5. The van der Waals surface area contributed by atoms with Gasteiger partial charge in [0.25, 0.3) is 5.69 Å². The summed E-state index contributed by atoms with van der Waals surface area (Å²) in [6.45, 7) is 1.80. The van der Waals surface area contributed by atoms with Crippen LogP contribution in [0.4, 0.5) is 5.69 Å². The first kappa shape index (κ1) is 21.1. The van der Waals surface area contributed by atoms with Gasteiger partial charge in [0.1, 0.15) is 10.4 Å². The molecule has 160 valence electrons. The summed E-state index contributed by atoms with van der Waals surface area (Å²) in [7, 11) is -4.39. The molecule has 0 aliphatic heterocycles. The van der Waals surface area contributed by atoms with Gasteiger partial charge < -0.3 is 4.74 Å². The highest BCUT2D eigenvalue weighted by Crippen LogP contribution is 2.32. The number of nitro groups is 1. The van der Waals surface area contributed by atoms with E-state index < -0.39 is 31.3 Å². The predicted octanol–water partition coefficient (Wildman–Crippen LogP) is 4.50. The molecular formula is C23H16N2O6S. The van der Waals surface area contributed by atoms with Crippen LogP contribution in [-0.4, -0.2) is 24.3 Å². The second-order valence-electron chi connectivity index (χ2n) is 6.89. The number of sulfone groups is 1. The number of para-hydroxylation sites is 2. The molecular weight excluding hydrogens is 432 g/mol. The van der Waals surface area contributed by atoms with Crippen LogP contribution in [0.15, 0.2) is 88.7 Å². The molecule has 4 rings (SSSR count). The van der Waals surface area contributed by atoms with E-state index in [0.717, 1.165) is 23.2 Å². The van der Waals surface area contributed by atoms with E-state index in [0.29, 0.717) is 5.52 Å².